The Balaban J connectivity index is 3.61. The highest BCUT2D eigenvalue weighted by atomic mass is 32.9. The molecule has 0 aromatic rings. The minimum atomic E-state index is -1.40. The molecule has 0 aliphatic rings. The molecule has 0 fully saturated rings. The van der Waals surface area contributed by atoms with Gasteiger partial charge in [0.05, 0.1) is 5.39 Å². The highest BCUT2D eigenvalue weighted by molar-refractivity contribution is 8.70. The molecule has 0 bridgehead atoms. The number of rotatable bonds is 2. The van der Waals surface area contributed by atoms with Crippen molar-refractivity contribution in [2.45, 2.75) is 6.92 Å². The molecule has 0 saturated heterocycles. The van der Waals surface area contributed by atoms with Gasteiger partial charge in [-0.1, -0.05) is 18.7 Å². The topological polar surface area (TPSA) is 26.0 Å². The van der Waals surface area contributed by atoms with E-state index in [9.17, 15) is 0 Å². The summed E-state index contributed by atoms with van der Waals surface area (Å²) >= 11 is 6.63. The van der Waals surface area contributed by atoms with E-state index < -0.39 is 5.39 Å². The Kier molecular flexibility index (Phi) is 3.50. The maximum Gasteiger partial charge on any atom is 0.0612 e. The van der Waals surface area contributed by atoms with E-state index in [2.05, 4.69) is 0 Å². The van der Waals surface area contributed by atoms with Gasteiger partial charge in [-0.2, -0.15) is 0 Å². The van der Waals surface area contributed by atoms with Gasteiger partial charge in [-0.25, -0.2) is 0 Å². The molecule has 0 aliphatic heterocycles. The maximum atomic E-state index is 5.60. The van der Waals surface area contributed by atoms with Crippen LogP contribution in [0.1, 0.15) is 6.92 Å². The van der Waals surface area contributed by atoms with E-state index in [1.807, 2.05) is 13.2 Å². The molecule has 0 spiro atoms. The summed E-state index contributed by atoms with van der Waals surface area (Å²) in [6, 6.07) is 0. The molecule has 0 aliphatic carbocycles. The van der Waals surface area contributed by atoms with Gasteiger partial charge in [0.25, 0.3) is 0 Å². The van der Waals surface area contributed by atoms with Gasteiger partial charge < -0.3 is 0 Å². The van der Waals surface area contributed by atoms with Crippen molar-refractivity contribution in [1.82, 2.24) is 0 Å². The first kappa shape index (κ1) is 7.96. The van der Waals surface area contributed by atoms with Gasteiger partial charge in [-0.05, 0) is 12.4 Å². The highest BCUT2D eigenvalue weighted by Crippen LogP contribution is 2.48. The zero-order chi connectivity index (χ0) is 5.91. The van der Waals surface area contributed by atoms with E-state index in [0.29, 0.717) is 0 Å². The van der Waals surface area contributed by atoms with E-state index in [4.69, 9.17) is 17.3 Å². The third kappa shape index (κ3) is 3.53. The summed E-state index contributed by atoms with van der Waals surface area (Å²) < 4.78 is 0. The SMILES string of the molecule is CCP(N)(=S)SC. The van der Waals surface area contributed by atoms with Gasteiger partial charge in [-0.15, -0.1) is 11.4 Å². The first-order valence-corrected chi connectivity index (χ1v) is 6.94. The third-order valence-electron chi connectivity index (χ3n) is 0.750. The fraction of sp³-hybridized carbons (Fsp3) is 1.00. The van der Waals surface area contributed by atoms with Crippen LogP contribution in [0.5, 0.6) is 0 Å². The molecule has 1 unspecified atom stereocenters. The lowest BCUT2D eigenvalue weighted by Gasteiger charge is -2.07. The van der Waals surface area contributed by atoms with Crippen LogP contribution in [0, 0.1) is 0 Å². The quantitative estimate of drug-likeness (QED) is 0.614. The standard InChI is InChI=1S/C3H10NPS2/c1-3-5(4,6)7-2/h3H2,1-2H3,(H2,4,6). The van der Waals surface area contributed by atoms with Crippen molar-refractivity contribution in [3.63, 3.8) is 0 Å². The van der Waals surface area contributed by atoms with Gasteiger partial charge in [0, 0.05) is 0 Å². The van der Waals surface area contributed by atoms with Crippen LogP contribution in [0.2, 0.25) is 0 Å². The smallest absolute Gasteiger partial charge is 0.0612 e. The molecule has 4 heteroatoms. The van der Waals surface area contributed by atoms with E-state index in [0.717, 1.165) is 6.16 Å². The number of nitrogens with two attached hydrogens (primary N) is 1. The van der Waals surface area contributed by atoms with Gasteiger partial charge >= 0.3 is 0 Å². The summed E-state index contributed by atoms with van der Waals surface area (Å²) in [5, 5.41) is -1.40. The fourth-order valence-electron chi connectivity index (χ4n) is 0.129. The Morgan fingerprint density at radius 2 is 2.29 bits per heavy atom. The lowest BCUT2D eigenvalue weighted by molar-refractivity contribution is 1.50. The number of hydrogen-bond donors (Lipinski definition) is 1. The first-order chi connectivity index (χ1) is 3.12. The Hall–Kier alpha value is 0.960. The Morgan fingerprint density at radius 3 is 2.29 bits per heavy atom. The molecule has 0 aromatic carbocycles. The average Bonchev–Trinajstić information content (AvgIpc) is 1.68. The summed E-state index contributed by atoms with van der Waals surface area (Å²) in [5.74, 6) is 0. The van der Waals surface area contributed by atoms with Crippen LogP contribution in [-0.2, 0) is 11.8 Å². The van der Waals surface area contributed by atoms with Crippen molar-refractivity contribution in [3.8, 4) is 0 Å². The minimum absolute atomic E-state index is 0.962. The van der Waals surface area contributed by atoms with Crippen LogP contribution < -0.4 is 5.50 Å². The zero-order valence-electron chi connectivity index (χ0n) is 4.55. The molecule has 44 valence electrons. The lowest BCUT2D eigenvalue weighted by atomic mass is 11.0. The molecule has 0 aromatic heterocycles. The van der Waals surface area contributed by atoms with Crippen molar-refractivity contribution >= 4 is 28.6 Å². The minimum Gasteiger partial charge on any atom is -0.295 e. The summed E-state index contributed by atoms with van der Waals surface area (Å²) in [5.41, 5.74) is 5.60. The van der Waals surface area contributed by atoms with Crippen LogP contribution in [0.4, 0.5) is 0 Å². The molecule has 0 heterocycles. The Morgan fingerprint density at radius 1 is 1.86 bits per heavy atom. The summed E-state index contributed by atoms with van der Waals surface area (Å²) in [6.45, 7) is 2.04. The molecule has 2 N–H and O–H groups in total. The van der Waals surface area contributed by atoms with Crippen molar-refractivity contribution in [2.75, 3.05) is 12.4 Å². The second kappa shape index (κ2) is 3.08. The molecular weight excluding hydrogens is 145 g/mol. The zero-order valence-corrected chi connectivity index (χ0v) is 7.08. The lowest BCUT2D eigenvalue weighted by Crippen LogP contribution is -1.89. The van der Waals surface area contributed by atoms with Crippen molar-refractivity contribution in [2.24, 2.45) is 5.50 Å². The van der Waals surface area contributed by atoms with Crippen LogP contribution in [-0.4, -0.2) is 12.4 Å². The molecule has 7 heavy (non-hydrogen) atoms. The van der Waals surface area contributed by atoms with Gasteiger partial charge in [0.1, 0.15) is 0 Å². The predicted molar refractivity (Wildman–Crippen MR) is 42.5 cm³/mol. The monoisotopic (exact) mass is 155 g/mol. The van der Waals surface area contributed by atoms with Crippen LogP contribution in [0.3, 0.4) is 0 Å². The highest BCUT2D eigenvalue weighted by Gasteiger charge is 2.01. The van der Waals surface area contributed by atoms with Crippen molar-refractivity contribution in [3.05, 3.63) is 0 Å². The molecule has 1 atom stereocenters. The molecule has 0 amide bonds. The first-order valence-electron chi connectivity index (χ1n) is 2.05. The Labute approximate surface area is 53.9 Å². The average molecular weight is 155 g/mol. The molecule has 0 radical (unpaired) electrons. The predicted octanol–water partition coefficient (Wildman–Crippen LogP) is 1.64. The van der Waals surface area contributed by atoms with Crippen molar-refractivity contribution < 1.29 is 0 Å². The summed E-state index contributed by atoms with van der Waals surface area (Å²) in [6.07, 6.45) is 2.94. The normalized spacial score (nSPS) is 18.7. The fourth-order valence-corrected chi connectivity index (χ4v) is 1.16. The number of hydrogen-bond acceptors (Lipinski definition) is 2. The van der Waals surface area contributed by atoms with E-state index in [1.54, 1.807) is 11.4 Å². The third-order valence-corrected chi connectivity index (χ3v) is 6.99. The van der Waals surface area contributed by atoms with E-state index in [-0.39, 0.29) is 0 Å². The largest absolute Gasteiger partial charge is 0.295 e. The van der Waals surface area contributed by atoms with Gasteiger partial charge in [-0.3, -0.25) is 5.50 Å². The van der Waals surface area contributed by atoms with Crippen LogP contribution in [0.25, 0.3) is 0 Å². The molecule has 0 rings (SSSR count). The second-order valence-corrected chi connectivity index (χ2v) is 9.37. The molecule has 1 nitrogen and oxygen atoms in total. The second-order valence-electron chi connectivity index (χ2n) is 1.22. The summed E-state index contributed by atoms with van der Waals surface area (Å²) in [7, 11) is 0. The molecule has 0 saturated carbocycles. The van der Waals surface area contributed by atoms with Crippen LogP contribution >= 0.6 is 16.8 Å². The maximum absolute atomic E-state index is 5.60. The van der Waals surface area contributed by atoms with Gasteiger partial charge in [0.15, 0.2) is 0 Å². The van der Waals surface area contributed by atoms with Crippen LogP contribution in [0.15, 0.2) is 0 Å². The van der Waals surface area contributed by atoms with Gasteiger partial charge in [0.2, 0.25) is 0 Å². The van der Waals surface area contributed by atoms with Crippen molar-refractivity contribution in [1.29, 1.82) is 0 Å². The van der Waals surface area contributed by atoms with E-state index >= 15 is 0 Å². The Bertz CT molecular complexity index is 84.9. The van der Waals surface area contributed by atoms with E-state index in [1.165, 1.54) is 0 Å². The molecular formula is C3H10NPS2. The summed E-state index contributed by atoms with van der Waals surface area (Å²) in [4.78, 5) is 0.